The van der Waals surface area contributed by atoms with Gasteiger partial charge in [0.05, 0.1) is 10.5 Å². The van der Waals surface area contributed by atoms with Gasteiger partial charge in [0.15, 0.2) is 6.10 Å². The lowest BCUT2D eigenvalue weighted by atomic mass is 10.1. The van der Waals surface area contributed by atoms with Crippen LogP contribution in [0.25, 0.3) is 0 Å². The summed E-state index contributed by atoms with van der Waals surface area (Å²) in [5.74, 6) is -1.10. The Balaban J connectivity index is 2.01. The number of nitrogens with zero attached hydrogens (tertiary/aromatic N) is 2. The van der Waals surface area contributed by atoms with E-state index in [2.05, 4.69) is 5.32 Å². The van der Waals surface area contributed by atoms with Crippen LogP contribution in [0.2, 0.25) is 0 Å². The summed E-state index contributed by atoms with van der Waals surface area (Å²) in [6.45, 7) is 1.51. The lowest BCUT2D eigenvalue weighted by molar-refractivity contribution is -0.384. The van der Waals surface area contributed by atoms with Crippen molar-refractivity contribution in [1.29, 1.82) is 0 Å². The van der Waals surface area contributed by atoms with E-state index in [0.717, 1.165) is 25.7 Å². The molecule has 1 aliphatic carbocycles. The summed E-state index contributed by atoms with van der Waals surface area (Å²) in [6, 6.07) is 4.24. The Hall–Kier alpha value is -2.64. The molecule has 0 unspecified atom stereocenters. The van der Waals surface area contributed by atoms with E-state index in [-0.39, 0.29) is 23.2 Å². The van der Waals surface area contributed by atoms with Crippen LogP contribution >= 0.6 is 0 Å². The van der Waals surface area contributed by atoms with Crippen molar-refractivity contribution in [1.82, 2.24) is 5.32 Å². The molecule has 0 heterocycles. The third-order valence-corrected chi connectivity index (χ3v) is 4.74. The third kappa shape index (κ3) is 5.67. The molecule has 0 radical (unpaired) electrons. The Morgan fingerprint density at radius 1 is 1.22 bits per heavy atom. The van der Waals surface area contributed by atoms with Crippen LogP contribution in [0.4, 0.5) is 11.4 Å². The normalized spacial score (nSPS) is 16.1. The van der Waals surface area contributed by atoms with Crippen molar-refractivity contribution < 1.29 is 19.2 Å². The molecule has 1 aromatic carbocycles. The van der Waals surface area contributed by atoms with Crippen molar-refractivity contribution >= 4 is 23.3 Å². The lowest BCUT2D eigenvalue weighted by Gasteiger charge is -2.20. The zero-order valence-corrected chi connectivity index (χ0v) is 16.1. The number of anilines is 1. The molecule has 148 valence electrons. The number of nitro benzene ring substituents is 1. The van der Waals surface area contributed by atoms with Crippen LogP contribution in [0, 0.1) is 10.1 Å². The molecule has 1 fully saturated rings. The molecule has 2 rings (SSSR count). The highest BCUT2D eigenvalue weighted by atomic mass is 16.6. The molecule has 0 spiro atoms. The molecule has 8 heteroatoms. The number of rotatable bonds is 6. The van der Waals surface area contributed by atoms with E-state index in [1.54, 1.807) is 19.0 Å². The van der Waals surface area contributed by atoms with Crippen LogP contribution in [0.3, 0.4) is 0 Å². The van der Waals surface area contributed by atoms with Gasteiger partial charge in [-0.25, -0.2) is 4.79 Å². The first kappa shape index (κ1) is 20.7. The van der Waals surface area contributed by atoms with Crippen molar-refractivity contribution in [3.05, 3.63) is 33.9 Å². The fourth-order valence-electron chi connectivity index (χ4n) is 3.20. The minimum atomic E-state index is -0.965. The van der Waals surface area contributed by atoms with Gasteiger partial charge in [0.25, 0.3) is 11.6 Å². The van der Waals surface area contributed by atoms with E-state index in [0.29, 0.717) is 5.69 Å². The molecule has 8 nitrogen and oxygen atoms in total. The minimum Gasteiger partial charge on any atom is -0.449 e. The summed E-state index contributed by atoms with van der Waals surface area (Å²) in [5, 5.41) is 14.2. The van der Waals surface area contributed by atoms with Gasteiger partial charge in [0.1, 0.15) is 5.69 Å². The fourth-order valence-corrected chi connectivity index (χ4v) is 3.20. The van der Waals surface area contributed by atoms with Gasteiger partial charge in [-0.05, 0) is 31.9 Å². The van der Waals surface area contributed by atoms with Gasteiger partial charge in [-0.15, -0.1) is 0 Å². The summed E-state index contributed by atoms with van der Waals surface area (Å²) in [6.07, 6.45) is 5.43. The van der Waals surface area contributed by atoms with E-state index in [1.807, 2.05) is 0 Å². The Morgan fingerprint density at radius 2 is 1.85 bits per heavy atom. The number of amides is 1. The van der Waals surface area contributed by atoms with E-state index in [1.165, 1.54) is 38.0 Å². The smallest absolute Gasteiger partial charge is 0.339 e. The second-order valence-electron chi connectivity index (χ2n) is 7.10. The molecule has 1 aliphatic rings. The number of carbonyl (C=O) groups is 2. The van der Waals surface area contributed by atoms with Gasteiger partial charge < -0.3 is 15.0 Å². The van der Waals surface area contributed by atoms with Crippen molar-refractivity contribution in [2.45, 2.75) is 57.6 Å². The predicted octanol–water partition coefficient (Wildman–Crippen LogP) is 3.05. The first-order valence-corrected chi connectivity index (χ1v) is 9.26. The molecule has 1 aromatic rings. The molecule has 27 heavy (non-hydrogen) atoms. The van der Waals surface area contributed by atoms with Gasteiger partial charge in [-0.3, -0.25) is 14.9 Å². The minimum absolute atomic E-state index is 0.0430. The van der Waals surface area contributed by atoms with E-state index in [9.17, 15) is 19.7 Å². The summed E-state index contributed by atoms with van der Waals surface area (Å²) < 4.78 is 5.22. The fraction of sp³-hybridized carbons (Fsp3) is 0.579. The molecule has 0 saturated heterocycles. The van der Waals surface area contributed by atoms with Crippen LogP contribution < -0.4 is 10.2 Å². The van der Waals surface area contributed by atoms with Crippen LogP contribution in [0.5, 0.6) is 0 Å². The second kappa shape index (κ2) is 9.34. The maximum Gasteiger partial charge on any atom is 0.339 e. The van der Waals surface area contributed by atoms with Crippen molar-refractivity contribution in [3.8, 4) is 0 Å². The number of esters is 1. The highest BCUT2D eigenvalue weighted by Gasteiger charge is 2.24. The molecular formula is C19H27N3O5. The van der Waals surface area contributed by atoms with Crippen molar-refractivity contribution in [3.63, 3.8) is 0 Å². The largest absolute Gasteiger partial charge is 0.449 e. The Labute approximate surface area is 159 Å². The third-order valence-electron chi connectivity index (χ3n) is 4.74. The second-order valence-corrected chi connectivity index (χ2v) is 7.10. The maximum atomic E-state index is 12.3. The summed E-state index contributed by atoms with van der Waals surface area (Å²) in [7, 11) is 3.36. The maximum absolute atomic E-state index is 12.3. The number of benzene rings is 1. The highest BCUT2D eigenvalue weighted by molar-refractivity contribution is 5.93. The van der Waals surface area contributed by atoms with Gasteiger partial charge in [-0.1, -0.05) is 25.7 Å². The first-order chi connectivity index (χ1) is 12.8. The highest BCUT2D eigenvalue weighted by Crippen LogP contribution is 2.28. The Kier molecular flexibility index (Phi) is 7.15. The van der Waals surface area contributed by atoms with Gasteiger partial charge in [-0.2, -0.15) is 0 Å². The molecule has 1 N–H and O–H groups in total. The number of carbonyl (C=O) groups excluding carboxylic acids is 2. The number of ether oxygens (including phenoxy) is 1. The number of hydrogen-bond donors (Lipinski definition) is 1. The molecular weight excluding hydrogens is 350 g/mol. The van der Waals surface area contributed by atoms with Gasteiger partial charge in [0.2, 0.25) is 0 Å². The summed E-state index contributed by atoms with van der Waals surface area (Å²) in [5.41, 5.74) is 0.238. The quantitative estimate of drug-likeness (QED) is 0.354. The molecule has 1 saturated carbocycles. The molecule has 1 atom stereocenters. The average molecular weight is 377 g/mol. The predicted molar refractivity (Wildman–Crippen MR) is 102 cm³/mol. The van der Waals surface area contributed by atoms with E-state index < -0.39 is 17.0 Å². The molecule has 0 aliphatic heterocycles. The zero-order valence-electron chi connectivity index (χ0n) is 16.1. The van der Waals surface area contributed by atoms with Crippen molar-refractivity contribution in [2.75, 3.05) is 19.0 Å². The van der Waals surface area contributed by atoms with Crippen LogP contribution in [0.1, 0.15) is 55.8 Å². The monoisotopic (exact) mass is 377 g/mol. The van der Waals surface area contributed by atoms with Gasteiger partial charge in [0, 0.05) is 26.2 Å². The SMILES string of the molecule is C[C@@H](OC(=O)c1ccc(N(C)C)c([N+](=O)[O-])c1)C(=O)NC1CCCCCC1. The number of nitro groups is 1. The topological polar surface area (TPSA) is 102 Å². The van der Waals surface area contributed by atoms with Gasteiger partial charge >= 0.3 is 5.97 Å². The van der Waals surface area contributed by atoms with Crippen LogP contribution in [-0.2, 0) is 9.53 Å². The lowest BCUT2D eigenvalue weighted by Crippen LogP contribution is -2.41. The van der Waals surface area contributed by atoms with Crippen molar-refractivity contribution in [2.24, 2.45) is 0 Å². The standard InChI is InChI=1S/C19H27N3O5/c1-13(18(23)20-15-8-6-4-5-7-9-15)27-19(24)14-10-11-16(21(2)3)17(12-14)22(25)26/h10-13,15H,4-9H2,1-3H3,(H,20,23)/t13-/m1/s1. The number of nitrogens with one attached hydrogen (secondary N) is 1. The Bertz CT molecular complexity index is 697. The van der Waals surface area contributed by atoms with Crippen LogP contribution in [0.15, 0.2) is 18.2 Å². The molecule has 0 aromatic heterocycles. The zero-order chi connectivity index (χ0) is 20.0. The van der Waals surface area contributed by atoms with E-state index in [4.69, 9.17) is 4.74 Å². The van der Waals surface area contributed by atoms with E-state index >= 15 is 0 Å². The van der Waals surface area contributed by atoms with Crippen LogP contribution in [-0.4, -0.2) is 43.0 Å². The first-order valence-electron chi connectivity index (χ1n) is 9.26. The number of hydrogen-bond acceptors (Lipinski definition) is 6. The average Bonchev–Trinajstić information content (AvgIpc) is 2.89. The molecule has 1 amide bonds. The summed E-state index contributed by atoms with van der Waals surface area (Å²) >= 11 is 0. The Morgan fingerprint density at radius 3 is 2.41 bits per heavy atom. The summed E-state index contributed by atoms with van der Waals surface area (Å²) in [4.78, 5) is 36.9. The molecule has 0 bridgehead atoms.